The van der Waals surface area contributed by atoms with E-state index in [0.717, 1.165) is 0 Å². The molecule has 0 spiro atoms. The molecule has 1 rings (SSSR count). The van der Waals surface area contributed by atoms with Crippen LogP contribution in [0.4, 0.5) is 14.5 Å². The van der Waals surface area contributed by atoms with Crippen LogP contribution in [0.3, 0.4) is 0 Å². The van der Waals surface area contributed by atoms with E-state index in [-0.39, 0.29) is 24.5 Å². The third-order valence-corrected chi connectivity index (χ3v) is 2.27. The van der Waals surface area contributed by atoms with Gasteiger partial charge in [-0.05, 0) is 12.1 Å². The maximum absolute atomic E-state index is 11.8. The summed E-state index contributed by atoms with van der Waals surface area (Å²) < 4.78 is 33.3. The molecule has 0 heterocycles. The van der Waals surface area contributed by atoms with Crippen LogP contribution in [-0.4, -0.2) is 39.2 Å². The van der Waals surface area contributed by atoms with Crippen molar-refractivity contribution < 1.29 is 23.0 Å². The van der Waals surface area contributed by atoms with Gasteiger partial charge in [-0.3, -0.25) is 4.79 Å². The van der Waals surface area contributed by atoms with Gasteiger partial charge in [0.05, 0.1) is 25.0 Å². The van der Waals surface area contributed by atoms with Crippen molar-refractivity contribution in [2.24, 2.45) is 0 Å². The molecule has 0 aliphatic carbocycles. The molecule has 0 saturated carbocycles. The summed E-state index contributed by atoms with van der Waals surface area (Å²) in [5.41, 5.74) is 6.31. The SMILES string of the molecule is COc1c(N)cccc1C(=O)NCCOCC(F)F. The number of benzene rings is 1. The van der Waals surface area contributed by atoms with Gasteiger partial charge in [-0.15, -0.1) is 0 Å². The van der Waals surface area contributed by atoms with Crippen molar-refractivity contribution in [2.75, 3.05) is 32.6 Å². The van der Waals surface area contributed by atoms with Crippen LogP contribution in [0.25, 0.3) is 0 Å². The van der Waals surface area contributed by atoms with Crippen LogP contribution in [-0.2, 0) is 4.74 Å². The molecule has 0 unspecified atom stereocenters. The maximum atomic E-state index is 11.8. The lowest BCUT2D eigenvalue weighted by Crippen LogP contribution is -2.28. The first-order chi connectivity index (χ1) is 9.06. The normalized spacial score (nSPS) is 10.5. The number of carbonyl (C=O) groups is 1. The zero-order valence-electron chi connectivity index (χ0n) is 10.5. The largest absolute Gasteiger partial charge is 0.494 e. The summed E-state index contributed by atoms with van der Waals surface area (Å²) in [6, 6.07) is 4.80. The third-order valence-electron chi connectivity index (χ3n) is 2.27. The zero-order valence-corrected chi connectivity index (χ0v) is 10.5. The average molecular weight is 274 g/mol. The number of nitrogens with one attached hydrogen (secondary N) is 1. The number of nitrogens with two attached hydrogens (primary N) is 1. The highest BCUT2D eigenvalue weighted by Crippen LogP contribution is 2.25. The van der Waals surface area contributed by atoms with Crippen molar-refractivity contribution in [3.8, 4) is 5.75 Å². The number of hydrogen-bond acceptors (Lipinski definition) is 4. The van der Waals surface area contributed by atoms with Gasteiger partial charge in [0, 0.05) is 6.54 Å². The quantitative estimate of drug-likeness (QED) is 0.580. The first-order valence-electron chi connectivity index (χ1n) is 5.62. The van der Waals surface area contributed by atoms with Crippen molar-refractivity contribution >= 4 is 11.6 Å². The Morgan fingerprint density at radius 3 is 2.84 bits per heavy atom. The number of halogens is 2. The molecule has 0 bridgehead atoms. The number of anilines is 1. The minimum Gasteiger partial charge on any atom is -0.494 e. The number of alkyl halides is 2. The first-order valence-corrected chi connectivity index (χ1v) is 5.62. The second kappa shape index (κ2) is 7.52. The summed E-state index contributed by atoms with van der Waals surface area (Å²) in [7, 11) is 1.41. The number of carbonyl (C=O) groups excluding carboxylic acids is 1. The highest BCUT2D eigenvalue weighted by atomic mass is 19.3. The predicted molar refractivity (Wildman–Crippen MR) is 66.6 cm³/mol. The van der Waals surface area contributed by atoms with Crippen LogP contribution < -0.4 is 15.8 Å². The lowest BCUT2D eigenvalue weighted by molar-refractivity contribution is 0.0188. The Labute approximate surface area is 109 Å². The summed E-state index contributed by atoms with van der Waals surface area (Å²) >= 11 is 0. The molecule has 1 aromatic rings. The Kier molecular flexibility index (Phi) is 6.01. The van der Waals surface area contributed by atoms with Gasteiger partial charge in [-0.1, -0.05) is 6.07 Å². The maximum Gasteiger partial charge on any atom is 0.261 e. The first kappa shape index (κ1) is 15.2. The van der Waals surface area contributed by atoms with Crippen LogP contribution >= 0.6 is 0 Å². The summed E-state index contributed by atoms with van der Waals surface area (Å²) in [6.07, 6.45) is -2.51. The van der Waals surface area contributed by atoms with Gasteiger partial charge in [-0.25, -0.2) is 8.78 Å². The van der Waals surface area contributed by atoms with Crippen molar-refractivity contribution in [2.45, 2.75) is 6.43 Å². The Hall–Kier alpha value is -1.89. The monoisotopic (exact) mass is 274 g/mol. The standard InChI is InChI=1S/C12H16F2N2O3/c1-18-11-8(3-2-4-9(11)15)12(17)16-5-6-19-7-10(13)14/h2-4,10H,5-7,15H2,1H3,(H,16,17). The molecule has 0 saturated heterocycles. The molecule has 0 aliphatic rings. The van der Waals surface area contributed by atoms with Crippen LogP contribution in [0.1, 0.15) is 10.4 Å². The van der Waals surface area contributed by atoms with E-state index in [1.807, 2.05) is 0 Å². The Morgan fingerprint density at radius 2 is 2.21 bits per heavy atom. The number of para-hydroxylation sites is 1. The minimum absolute atomic E-state index is 0.0146. The van der Waals surface area contributed by atoms with E-state index < -0.39 is 18.9 Å². The van der Waals surface area contributed by atoms with Crippen molar-refractivity contribution in [3.05, 3.63) is 23.8 Å². The number of rotatable bonds is 7. The molecule has 7 heteroatoms. The number of ether oxygens (including phenoxy) is 2. The van der Waals surface area contributed by atoms with Crippen molar-refractivity contribution in [1.82, 2.24) is 5.32 Å². The van der Waals surface area contributed by atoms with E-state index in [1.165, 1.54) is 7.11 Å². The van der Waals surface area contributed by atoms with Crippen molar-refractivity contribution in [3.63, 3.8) is 0 Å². The van der Waals surface area contributed by atoms with Gasteiger partial charge < -0.3 is 20.5 Å². The van der Waals surface area contributed by atoms with Gasteiger partial charge >= 0.3 is 0 Å². The Balaban J connectivity index is 2.48. The van der Waals surface area contributed by atoms with Gasteiger partial charge in [-0.2, -0.15) is 0 Å². The molecule has 5 nitrogen and oxygen atoms in total. The molecular weight excluding hydrogens is 258 g/mol. The van der Waals surface area contributed by atoms with Gasteiger partial charge in [0.15, 0.2) is 5.75 Å². The van der Waals surface area contributed by atoms with Gasteiger partial charge in [0.1, 0.15) is 6.61 Å². The summed E-state index contributed by atoms with van der Waals surface area (Å²) in [6.45, 7) is -0.498. The molecule has 0 radical (unpaired) electrons. The summed E-state index contributed by atoms with van der Waals surface area (Å²) in [4.78, 5) is 11.8. The van der Waals surface area contributed by atoms with Crippen LogP contribution in [0.5, 0.6) is 5.75 Å². The van der Waals surface area contributed by atoms with Crippen molar-refractivity contribution in [1.29, 1.82) is 0 Å². The fourth-order valence-electron chi connectivity index (χ4n) is 1.47. The molecule has 0 fully saturated rings. The van der Waals surface area contributed by atoms with E-state index >= 15 is 0 Å². The molecule has 19 heavy (non-hydrogen) atoms. The molecule has 106 valence electrons. The van der Waals surface area contributed by atoms with Crippen LogP contribution in [0, 0.1) is 0 Å². The summed E-state index contributed by atoms with van der Waals surface area (Å²) in [5, 5.41) is 2.53. The second-order valence-corrected chi connectivity index (χ2v) is 3.65. The van der Waals surface area contributed by atoms with E-state index in [9.17, 15) is 13.6 Å². The van der Waals surface area contributed by atoms with Gasteiger partial charge in [0.2, 0.25) is 0 Å². The molecule has 3 N–H and O–H groups in total. The number of nitrogen functional groups attached to an aromatic ring is 1. The minimum atomic E-state index is -2.51. The third kappa shape index (κ3) is 4.70. The highest BCUT2D eigenvalue weighted by Gasteiger charge is 2.13. The van der Waals surface area contributed by atoms with E-state index in [0.29, 0.717) is 5.69 Å². The molecule has 1 aromatic carbocycles. The molecule has 0 atom stereocenters. The lowest BCUT2D eigenvalue weighted by atomic mass is 10.1. The lowest BCUT2D eigenvalue weighted by Gasteiger charge is -2.11. The van der Waals surface area contributed by atoms with Crippen LogP contribution in [0.2, 0.25) is 0 Å². The highest BCUT2D eigenvalue weighted by molar-refractivity contribution is 5.98. The summed E-state index contributed by atoms with van der Waals surface area (Å²) in [5.74, 6) is -0.113. The molecule has 0 aromatic heterocycles. The van der Waals surface area contributed by atoms with Gasteiger partial charge in [0.25, 0.3) is 12.3 Å². The topological polar surface area (TPSA) is 73.6 Å². The molecule has 1 amide bonds. The van der Waals surface area contributed by atoms with E-state index in [2.05, 4.69) is 10.1 Å². The van der Waals surface area contributed by atoms with Crippen LogP contribution in [0.15, 0.2) is 18.2 Å². The predicted octanol–water partition coefficient (Wildman–Crippen LogP) is 1.29. The smallest absolute Gasteiger partial charge is 0.261 e. The number of methoxy groups -OCH3 is 1. The van der Waals surface area contributed by atoms with E-state index in [4.69, 9.17) is 10.5 Å². The molecule has 0 aliphatic heterocycles. The Morgan fingerprint density at radius 1 is 1.47 bits per heavy atom. The number of hydrogen-bond donors (Lipinski definition) is 2. The van der Waals surface area contributed by atoms with E-state index in [1.54, 1.807) is 18.2 Å². The molecular formula is C12H16F2N2O3. The number of amides is 1. The fraction of sp³-hybridized carbons (Fsp3) is 0.417. The Bertz CT molecular complexity index is 427. The second-order valence-electron chi connectivity index (χ2n) is 3.65. The fourth-order valence-corrected chi connectivity index (χ4v) is 1.47. The average Bonchev–Trinajstić information content (AvgIpc) is 2.37. The zero-order chi connectivity index (χ0) is 14.3.